The number of nitrogens with zero attached hydrogens (tertiary/aromatic N) is 1. The van der Waals surface area contributed by atoms with Crippen LogP contribution in [0.3, 0.4) is 0 Å². The van der Waals surface area contributed by atoms with Crippen LogP contribution in [0.4, 0.5) is 5.13 Å². The highest BCUT2D eigenvalue weighted by atomic mass is 35.5. The Bertz CT molecular complexity index is 1030. The van der Waals surface area contributed by atoms with Crippen LogP contribution in [-0.4, -0.2) is 29.6 Å². The molecule has 146 valence electrons. The van der Waals surface area contributed by atoms with Crippen molar-refractivity contribution >= 4 is 50.2 Å². The van der Waals surface area contributed by atoms with E-state index < -0.39 is 0 Å². The SMILES string of the molecule is Cc1cc(Cl)ccc1OCC(=O)Nc1nc2ccc(C(=O)OC(C)C)cc2s1. The van der Waals surface area contributed by atoms with E-state index in [2.05, 4.69) is 10.3 Å². The number of aryl methyl sites for hydroxylation is 1. The summed E-state index contributed by atoms with van der Waals surface area (Å²) in [5.41, 5.74) is 1.99. The highest BCUT2D eigenvalue weighted by Crippen LogP contribution is 2.27. The third kappa shape index (κ3) is 4.99. The molecule has 0 fully saturated rings. The fourth-order valence-electron chi connectivity index (χ4n) is 2.46. The number of aromatic nitrogens is 1. The number of carbonyl (C=O) groups is 2. The lowest BCUT2D eigenvalue weighted by atomic mass is 10.2. The Morgan fingerprint density at radius 2 is 2.00 bits per heavy atom. The smallest absolute Gasteiger partial charge is 0.338 e. The highest BCUT2D eigenvalue weighted by Gasteiger charge is 2.13. The number of hydrogen-bond donors (Lipinski definition) is 1. The summed E-state index contributed by atoms with van der Waals surface area (Å²) in [6.45, 7) is 5.30. The van der Waals surface area contributed by atoms with Crippen molar-refractivity contribution in [1.29, 1.82) is 0 Å². The van der Waals surface area contributed by atoms with Crippen LogP contribution in [0.1, 0.15) is 29.8 Å². The summed E-state index contributed by atoms with van der Waals surface area (Å²) < 4.78 is 11.5. The van der Waals surface area contributed by atoms with Crippen molar-refractivity contribution in [2.24, 2.45) is 0 Å². The van der Waals surface area contributed by atoms with Gasteiger partial charge in [0.1, 0.15) is 5.75 Å². The maximum absolute atomic E-state index is 12.2. The van der Waals surface area contributed by atoms with Gasteiger partial charge < -0.3 is 9.47 Å². The summed E-state index contributed by atoms with van der Waals surface area (Å²) in [6.07, 6.45) is -0.191. The van der Waals surface area contributed by atoms with Gasteiger partial charge in [-0.05, 0) is 62.7 Å². The van der Waals surface area contributed by atoms with Crippen LogP contribution < -0.4 is 10.1 Å². The number of thiazole rings is 1. The number of amides is 1. The first-order chi connectivity index (χ1) is 13.3. The maximum Gasteiger partial charge on any atom is 0.338 e. The number of rotatable bonds is 6. The van der Waals surface area contributed by atoms with Crippen LogP contribution in [0.5, 0.6) is 5.75 Å². The summed E-state index contributed by atoms with van der Waals surface area (Å²) in [5, 5.41) is 3.76. The van der Waals surface area contributed by atoms with E-state index in [0.717, 1.165) is 10.3 Å². The molecule has 0 aliphatic heterocycles. The first kappa shape index (κ1) is 20.1. The molecule has 0 radical (unpaired) electrons. The predicted molar refractivity (Wildman–Crippen MR) is 110 cm³/mol. The number of nitrogens with one attached hydrogen (secondary N) is 1. The second-order valence-corrected chi connectivity index (χ2v) is 7.87. The van der Waals surface area contributed by atoms with Gasteiger partial charge in [-0.2, -0.15) is 0 Å². The third-order valence-electron chi connectivity index (χ3n) is 3.71. The van der Waals surface area contributed by atoms with Gasteiger partial charge in [0.05, 0.1) is 21.9 Å². The van der Waals surface area contributed by atoms with Crippen LogP contribution in [0.15, 0.2) is 36.4 Å². The minimum Gasteiger partial charge on any atom is -0.483 e. The summed E-state index contributed by atoms with van der Waals surface area (Å²) >= 11 is 7.19. The number of ether oxygens (including phenoxy) is 2. The summed E-state index contributed by atoms with van der Waals surface area (Å²) in [7, 11) is 0. The molecule has 6 nitrogen and oxygen atoms in total. The summed E-state index contributed by atoms with van der Waals surface area (Å²) in [4.78, 5) is 28.5. The predicted octanol–water partition coefficient (Wildman–Crippen LogP) is 4.84. The van der Waals surface area contributed by atoms with Gasteiger partial charge in [0.2, 0.25) is 0 Å². The third-order valence-corrected chi connectivity index (χ3v) is 4.88. The molecule has 1 heterocycles. The first-order valence-electron chi connectivity index (χ1n) is 8.62. The van der Waals surface area contributed by atoms with Crippen molar-refractivity contribution < 1.29 is 19.1 Å². The summed E-state index contributed by atoms with van der Waals surface area (Å²) in [6, 6.07) is 10.3. The number of carbonyl (C=O) groups excluding carboxylic acids is 2. The minimum absolute atomic E-state index is 0.148. The van der Waals surface area contributed by atoms with Crippen LogP contribution in [-0.2, 0) is 9.53 Å². The molecule has 0 atom stereocenters. The fourth-order valence-corrected chi connectivity index (χ4v) is 3.61. The van der Waals surface area contributed by atoms with E-state index in [1.54, 1.807) is 50.2 Å². The largest absolute Gasteiger partial charge is 0.483 e. The molecule has 3 rings (SSSR count). The molecule has 3 aromatic rings. The highest BCUT2D eigenvalue weighted by molar-refractivity contribution is 7.22. The lowest BCUT2D eigenvalue weighted by Gasteiger charge is -2.08. The number of esters is 1. The molecular weight excluding hydrogens is 400 g/mol. The quantitative estimate of drug-likeness (QED) is 0.579. The van der Waals surface area contributed by atoms with Crippen LogP contribution in [0.2, 0.25) is 5.02 Å². The van der Waals surface area contributed by atoms with E-state index >= 15 is 0 Å². The van der Waals surface area contributed by atoms with Crippen molar-refractivity contribution in [1.82, 2.24) is 4.98 Å². The normalized spacial score (nSPS) is 10.9. The average Bonchev–Trinajstić information content (AvgIpc) is 3.01. The topological polar surface area (TPSA) is 77.5 Å². The van der Waals surface area contributed by atoms with Gasteiger partial charge in [-0.25, -0.2) is 9.78 Å². The van der Waals surface area contributed by atoms with Crippen molar-refractivity contribution in [2.75, 3.05) is 11.9 Å². The van der Waals surface area contributed by atoms with Gasteiger partial charge in [0, 0.05) is 5.02 Å². The monoisotopic (exact) mass is 418 g/mol. The molecule has 1 aromatic heterocycles. The van der Waals surface area contributed by atoms with Gasteiger partial charge >= 0.3 is 5.97 Å². The van der Waals surface area contributed by atoms with E-state index in [4.69, 9.17) is 21.1 Å². The van der Waals surface area contributed by atoms with Crippen molar-refractivity contribution in [2.45, 2.75) is 26.9 Å². The van der Waals surface area contributed by atoms with Gasteiger partial charge in [0.25, 0.3) is 5.91 Å². The van der Waals surface area contributed by atoms with Crippen molar-refractivity contribution in [3.63, 3.8) is 0 Å². The molecule has 0 bridgehead atoms. The Morgan fingerprint density at radius 3 is 2.71 bits per heavy atom. The Morgan fingerprint density at radius 1 is 1.21 bits per heavy atom. The molecular formula is C20H19ClN2O4S. The van der Waals surface area contributed by atoms with E-state index in [1.165, 1.54) is 11.3 Å². The molecule has 0 saturated heterocycles. The van der Waals surface area contributed by atoms with E-state index in [0.29, 0.717) is 27.0 Å². The first-order valence-corrected chi connectivity index (χ1v) is 9.81. The zero-order valence-electron chi connectivity index (χ0n) is 15.6. The molecule has 28 heavy (non-hydrogen) atoms. The summed E-state index contributed by atoms with van der Waals surface area (Å²) in [5.74, 6) is -0.118. The number of anilines is 1. The fraction of sp³-hybridized carbons (Fsp3) is 0.250. The molecule has 1 amide bonds. The van der Waals surface area contributed by atoms with Crippen LogP contribution in [0, 0.1) is 6.92 Å². The second kappa shape index (κ2) is 8.58. The van der Waals surface area contributed by atoms with Crippen molar-refractivity contribution in [3.05, 3.63) is 52.5 Å². The molecule has 0 unspecified atom stereocenters. The molecule has 1 N–H and O–H groups in total. The minimum atomic E-state index is -0.386. The van der Waals surface area contributed by atoms with Gasteiger partial charge in [0.15, 0.2) is 11.7 Å². The van der Waals surface area contributed by atoms with E-state index in [1.807, 2.05) is 6.92 Å². The van der Waals surface area contributed by atoms with Crippen molar-refractivity contribution in [3.8, 4) is 5.75 Å². The number of benzene rings is 2. The van der Waals surface area contributed by atoms with Gasteiger partial charge in [-0.15, -0.1) is 0 Å². The number of hydrogen-bond acceptors (Lipinski definition) is 6. The van der Waals surface area contributed by atoms with Gasteiger partial charge in [-0.1, -0.05) is 22.9 Å². The lowest BCUT2D eigenvalue weighted by molar-refractivity contribution is -0.118. The molecule has 0 saturated carbocycles. The van der Waals surface area contributed by atoms with Crippen LogP contribution in [0.25, 0.3) is 10.2 Å². The zero-order chi connectivity index (χ0) is 20.3. The van der Waals surface area contributed by atoms with E-state index in [-0.39, 0.29) is 24.6 Å². The molecule has 0 aliphatic rings. The lowest BCUT2D eigenvalue weighted by Crippen LogP contribution is -2.20. The average molecular weight is 419 g/mol. The second-order valence-electron chi connectivity index (χ2n) is 6.40. The molecule has 0 aliphatic carbocycles. The molecule has 8 heteroatoms. The maximum atomic E-state index is 12.2. The van der Waals surface area contributed by atoms with Gasteiger partial charge in [-0.3, -0.25) is 10.1 Å². The zero-order valence-corrected chi connectivity index (χ0v) is 17.2. The Balaban J connectivity index is 1.65. The Hall–Kier alpha value is -2.64. The number of halogens is 1. The molecule has 2 aromatic carbocycles. The molecule has 0 spiro atoms. The van der Waals surface area contributed by atoms with E-state index in [9.17, 15) is 9.59 Å². The van der Waals surface area contributed by atoms with Crippen LogP contribution >= 0.6 is 22.9 Å². The Kier molecular flexibility index (Phi) is 6.16. The number of fused-ring (bicyclic) bond motifs is 1. The standard InChI is InChI=1S/C20H19ClN2O4S/c1-11(2)27-19(25)13-4-6-15-17(9-13)28-20(22-15)23-18(24)10-26-16-7-5-14(21)8-12(16)3/h4-9,11H,10H2,1-3H3,(H,22,23,24). The Labute approximate surface area is 171 Å².